The predicted molar refractivity (Wildman–Crippen MR) is 127 cm³/mol. The molecule has 1 aromatic carbocycles. The fourth-order valence-corrected chi connectivity index (χ4v) is 4.39. The van der Waals surface area contributed by atoms with Crippen LogP contribution in [0.3, 0.4) is 0 Å². The van der Waals surface area contributed by atoms with Crippen molar-refractivity contribution >= 4 is 28.9 Å². The van der Waals surface area contributed by atoms with Crippen LogP contribution in [0.4, 0.5) is 5.69 Å². The van der Waals surface area contributed by atoms with Crippen LogP contribution >= 0.6 is 12.2 Å². The van der Waals surface area contributed by atoms with Crippen LogP contribution in [0, 0.1) is 13.8 Å². The van der Waals surface area contributed by atoms with E-state index in [0.717, 1.165) is 28.2 Å². The zero-order valence-corrected chi connectivity index (χ0v) is 18.8. The molecule has 0 radical (unpaired) electrons. The minimum atomic E-state index is -0.0793. The number of carbonyl (C=O) groups is 1. The van der Waals surface area contributed by atoms with E-state index in [9.17, 15) is 4.79 Å². The molecule has 1 amide bonds. The third-order valence-corrected chi connectivity index (χ3v) is 6.08. The van der Waals surface area contributed by atoms with Crippen LogP contribution in [-0.4, -0.2) is 32.0 Å². The quantitative estimate of drug-likeness (QED) is 0.575. The second kappa shape index (κ2) is 8.89. The number of aromatic nitrogens is 2. The first-order chi connectivity index (χ1) is 14.9. The minimum absolute atomic E-state index is 0.0246. The van der Waals surface area contributed by atoms with E-state index < -0.39 is 0 Å². The molecule has 4 rings (SSSR count). The summed E-state index contributed by atoms with van der Waals surface area (Å²) < 4.78 is 2.10. The minimum Gasteiger partial charge on any atom is -0.353 e. The molecule has 2 atom stereocenters. The molecule has 0 saturated carbocycles. The first-order valence-corrected chi connectivity index (χ1v) is 10.8. The Morgan fingerprint density at radius 2 is 2.03 bits per heavy atom. The van der Waals surface area contributed by atoms with Gasteiger partial charge in [-0.25, -0.2) is 0 Å². The Morgan fingerprint density at radius 1 is 1.19 bits per heavy atom. The van der Waals surface area contributed by atoms with Gasteiger partial charge in [-0.2, -0.15) is 0 Å². The molecule has 1 aliphatic heterocycles. The molecule has 0 unspecified atom stereocenters. The van der Waals surface area contributed by atoms with Gasteiger partial charge in [0.15, 0.2) is 5.11 Å². The normalized spacial score (nSPS) is 18.2. The average Bonchev–Trinajstić information content (AvgIpc) is 3.32. The lowest BCUT2D eigenvalue weighted by Gasteiger charge is -2.28. The molecule has 160 valence electrons. The van der Waals surface area contributed by atoms with Crippen LogP contribution in [0.2, 0.25) is 0 Å². The highest BCUT2D eigenvalue weighted by Gasteiger charge is 2.40. The van der Waals surface area contributed by atoms with Gasteiger partial charge >= 0.3 is 0 Å². The molecule has 31 heavy (non-hydrogen) atoms. The van der Waals surface area contributed by atoms with Crippen molar-refractivity contribution in [1.29, 1.82) is 0 Å². The van der Waals surface area contributed by atoms with Gasteiger partial charge in [0.2, 0.25) is 5.91 Å². The molecule has 0 bridgehead atoms. The highest BCUT2D eigenvalue weighted by molar-refractivity contribution is 7.80. The first kappa shape index (κ1) is 21.1. The van der Waals surface area contributed by atoms with Gasteiger partial charge in [0.05, 0.1) is 17.8 Å². The monoisotopic (exact) mass is 433 g/mol. The third-order valence-electron chi connectivity index (χ3n) is 5.73. The molecular weight excluding hydrogens is 406 g/mol. The SMILES string of the molecule is Cc1ccc(C)c(NC(=O)CCN2C(=S)N[C@H](c3ccccn3)[C@@H]2c2cccn2C)c1. The maximum Gasteiger partial charge on any atom is 0.226 e. The summed E-state index contributed by atoms with van der Waals surface area (Å²) in [6.07, 6.45) is 4.16. The second-order valence-corrected chi connectivity index (χ2v) is 8.37. The zero-order chi connectivity index (χ0) is 22.0. The summed E-state index contributed by atoms with van der Waals surface area (Å²) in [5.41, 5.74) is 5.08. The molecular formula is C24H27N5OS. The van der Waals surface area contributed by atoms with Gasteiger partial charge in [0.25, 0.3) is 0 Å². The number of anilines is 1. The highest BCUT2D eigenvalue weighted by atomic mass is 32.1. The predicted octanol–water partition coefficient (Wildman–Crippen LogP) is 4.04. The highest BCUT2D eigenvalue weighted by Crippen LogP contribution is 2.38. The number of amides is 1. The fourth-order valence-electron chi connectivity index (χ4n) is 4.05. The Bertz CT molecular complexity index is 1090. The van der Waals surface area contributed by atoms with Crippen molar-refractivity contribution in [1.82, 2.24) is 19.8 Å². The molecule has 1 fully saturated rings. The second-order valence-electron chi connectivity index (χ2n) is 7.98. The number of thiocarbonyl (C=S) groups is 1. The van der Waals surface area contributed by atoms with Crippen LogP contribution in [0.1, 0.15) is 41.0 Å². The van der Waals surface area contributed by atoms with E-state index in [1.165, 1.54) is 0 Å². The number of aryl methyl sites for hydroxylation is 3. The van der Waals surface area contributed by atoms with E-state index in [2.05, 4.69) is 31.2 Å². The first-order valence-electron chi connectivity index (χ1n) is 10.4. The number of pyridine rings is 1. The summed E-state index contributed by atoms with van der Waals surface area (Å²) in [7, 11) is 2.03. The Labute approximate surface area is 188 Å². The molecule has 7 heteroatoms. The maximum atomic E-state index is 12.7. The molecule has 2 aromatic heterocycles. The Hall–Kier alpha value is -3.19. The summed E-state index contributed by atoms with van der Waals surface area (Å²) in [4.78, 5) is 19.4. The fraction of sp³-hybridized carbons (Fsp3) is 0.292. The number of hydrogen-bond donors (Lipinski definition) is 2. The molecule has 2 N–H and O–H groups in total. The molecule has 0 spiro atoms. The molecule has 6 nitrogen and oxygen atoms in total. The number of rotatable bonds is 6. The summed E-state index contributed by atoms with van der Waals surface area (Å²) in [6.45, 7) is 4.53. The number of carbonyl (C=O) groups excluding carboxylic acids is 1. The molecule has 3 aromatic rings. The zero-order valence-electron chi connectivity index (χ0n) is 18.0. The van der Waals surface area contributed by atoms with E-state index in [4.69, 9.17) is 12.2 Å². The standard InChI is InChI=1S/C24H27N5OS/c1-16-9-10-17(2)19(15-16)26-21(30)11-14-29-23(20-8-6-13-28(20)3)22(27-24(29)31)18-7-4-5-12-25-18/h4-10,12-13,15,22-23H,11,14H2,1-3H3,(H,26,30)(H,27,31)/t22-,23+/m1/s1. The maximum absolute atomic E-state index is 12.7. The van der Waals surface area contributed by atoms with Gasteiger partial charge in [-0.1, -0.05) is 18.2 Å². The van der Waals surface area contributed by atoms with Gasteiger partial charge in [0, 0.05) is 43.8 Å². The van der Waals surface area contributed by atoms with Crippen LogP contribution < -0.4 is 10.6 Å². The summed E-state index contributed by atoms with van der Waals surface area (Å²) >= 11 is 5.68. The van der Waals surface area contributed by atoms with Gasteiger partial charge < -0.3 is 20.1 Å². The number of nitrogens with zero attached hydrogens (tertiary/aromatic N) is 3. The van der Waals surface area contributed by atoms with Crippen molar-refractivity contribution in [2.45, 2.75) is 32.4 Å². The van der Waals surface area contributed by atoms with Crippen LogP contribution in [0.15, 0.2) is 60.9 Å². The molecule has 1 aliphatic rings. The molecule has 1 saturated heterocycles. The van der Waals surface area contributed by atoms with Crippen molar-refractivity contribution in [3.05, 3.63) is 83.4 Å². The summed E-state index contributed by atoms with van der Waals surface area (Å²) in [5.74, 6) is -0.0246. The van der Waals surface area contributed by atoms with Crippen molar-refractivity contribution in [3.63, 3.8) is 0 Å². The van der Waals surface area contributed by atoms with E-state index in [-0.39, 0.29) is 18.0 Å². The Balaban J connectivity index is 1.53. The largest absolute Gasteiger partial charge is 0.353 e. The van der Waals surface area contributed by atoms with Crippen LogP contribution in [0.25, 0.3) is 0 Å². The third kappa shape index (κ3) is 4.46. The van der Waals surface area contributed by atoms with Gasteiger partial charge in [-0.05, 0) is 67.5 Å². The van der Waals surface area contributed by atoms with E-state index >= 15 is 0 Å². The van der Waals surface area contributed by atoms with Gasteiger partial charge in [0.1, 0.15) is 0 Å². The van der Waals surface area contributed by atoms with E-state index in [1.807, 2.05) is 69.6 Å². The number of nitrogens with one attached hydrogen (secondary N) is 2. The van der Waals surface area contributed by atoms with Crippen molar-refractivity contribution in [2.75, 3.05) is 11.9 Å². The summed E-state index contributed by atoms with van der Waals surface area (Å²) in [5, 5.41) is 7.11. The topological polar surface area (TPSA) is 62.2 Å². The van der Waals surface area contributed by atoms with Crippen molar-refractivity contribution in [2.24, 2.45) is 7.05 Å². The van der Waals surface area contributed by atoms with Crippen LogP contribution in [-0.2, 0) is 11.8 Å². The Morgan fingerprint density at radius 3 is 2.74 bits per heavy atom. The Kier molecular flexibility index (Phi) is 6.04. The number of hydrogen-bond acceptors (Lipinski definition) is 3. The van der Waals surface area contributed by atoms with E-state index in [0.29, 0.717) is 18.1 Å². The number of benzene rings is 1. The lowest BCUT2D eigenvalue weighted by Crippen LogP contribution is -2.33. The van der Waals surface area contributed by atoms with Crippen molar-refractivity contribution in [3.8, 4) is 0 Å². The van der Waals surface area contributed by atoms with Crippen molar-refractivity contribution < 1.29 is 4.79 Å². The van der Waals surface area contributed by atoms with Crippen LogP contribution in [0.5, 0.6) is 0 Å². The average molecular weight is 434 g/mol. The molecule has 3 heterocycles. The lowest BCUT2D eigenvalue weighted by molar-refractivity contribution is -0.116. The molecule has 0 aliphatic carbocycles. The van der Waals surface area contributed by atoms with Gasteiger partial charge in [-0.15, -0.1) is 0 Å². The smallest absolute Gasteiger partial charge is 0.226 e. The lowest BCUT2D eigenvalue weighted by atomic mass is 10.0. The van der Waals surface area contributed by atoms with E-state index in [1.54, 1.807) is 6.20 Å². The van der Waals surface area contributed by atoms with Gasteiger partial charge in [-0.3, -0.25) is 9.78 Å². The summed E-state index contributed by atoms with van der Waals surface area (Å²) in [6, 6.07) is 16.0.